The maximum Gasteiger partial charge on any atom is 0.229 e. The minimum Gasteiger partial charge on any atom is -0.320 e. The highest BCUT2D eigenvalue weighted by atomic mass is 79.9. The summed E-state index contributed by atoms with van der Waals surface area (Å²) < 4.78 is 1.87. The lowest BCUT2D eigenvalue weighted by Crippen LogP contribution is -2.27. The summed E-state index contributed by atoms with van der Waals surface area (Å²) in [6.07, 6.45) is 4.19. The van der Waals surface area contributed by atoms with Crippen molar-refractivity contribution in [3.05, 3.63) is 12.4 Å². The number of alkyl halides is 1. The summed E-state index contributed by atoms with van der Waals surface area (Å²) in [5, 5.41) is 0.875. The van der Waals surface area contributed by atoms with E-state index < -0.39 is 0 Å². The topological polar surface area (TPSA) is 38.1 Å². The van der Waals surface area contributed by atoms with Gasteiger partial charge in [-0.1, -0.05) is 15.9 Å². The van der Waals surface area contributed by atoms with Crippen LogP contribution in [0.4, 0.5) is 5.95 Å². The van der Waals surface area contributed by atoms with E-state index in [0.29, 0.717) is 12.3 Å². The summed E-state index contributed by atoms with van der Waals surface area (Å²) in [7, 11) is 1.90. The van der Waals surface area contributed by atoms with Crippen molar-refractivity contribution in [3.63, 3.8) is 0 Å². The predicted octanol–water partition coefficient (Wildman–Crippen LogP) is 1.17. The van der Waals surface area contributed by atoms with Crippen LogP contribution in [-0.2, 0) is 11.8 Å². The van der Waals surface area contributed by atoms with Crippen molar-refractivity contribution < 1.29 is 4.79 Å². The number of carbonyl (C=O) groups is 1. The van der Waals surface area contributed by atoms with Gasteiger partial charge in [0.1, 0.15) is 0 Å². The van der Waals surface area contributed by atoms with Crippen LogP contribution >= 0.6 is 15.9 Å². The molecule has 0 N–H and O–H groups in total. The molecule has 2 heterocycles. The van der Waals surface area contributed by atoms with Crippen molar-refractivity contribution in [3.8, 4) is 0 Å². The van der Waals surface area contributed by atoms with Gasteiger partial charge in [-0.2, -0.15) is 0 Å². The highest BCUT2D eigenvalue weighted by Crippen LogP contribution is 2.24. The van der Waals surface area contributed by atoms with Crippen molar-refractivity contribution in [2.45, 2.75) is 6.42 Å². The molecule has 0 aliphatic carbocycles. The van der Waals surface area contributed by atoms with Gasteiger partial charge in [0, 0.05) is 37.7 Å². The van der Waals surface area contributed by atoms with Crippen molar-refractivity contribution in [2.75, 3.05) is 16.8 Å². The summed E-state index contributed by atoms with van der Waals surface area (Å²) in [6, 6.07) is 0. The van der Waals surface area contributed by atoms with Crippen LogP contribution in [0.15, 0.2) is 12.4 Å². The largest absolute Gasteiger partial charge is 0.320 e. The Labute approximate surface area is 91.0 Å². The fourth-order valence-electron chi connectivity index (χ4n) is 1.70. The summed E-state index contributed by atoms with van der Waals surface area (Å²) in [5.74, 6) is 1.33. The third kappa shape index (κ3) is 1.56. The molecule has 0 saturated carbocycles. The van der Waals surface area contributed by atoms with E-state index in [2.05, 4.69) is 20.9 Å². The number of aryl methyl sites for hydroxylation is 1. The second kappa shape index (κ2) is 3.73. The third-order valence-electron chi connectivity index (χ3n) is 2.46. The molecule has 1 saturated heterocycles. The maximum atomic E-state index is 11.6. The monoisotopic (exact) mass is 257 g/mol. The summed E-state index contributed by atoms with van der Waals surface area (Å²) in [6.45, 7) is 0.773. The molecule has 0 aromatic carbocycles. The van der Waals surface area contributed by atoms with Gasteiger partial charge < -0.3 is 4.57 Å². The number of anilines is 1. The van der Waals surface area contributed by atoms with E-state index in [-0.39, 0.29) is 5.91 Å². The first kappa shape index (κ1) is 9.71. The van der Waals surface area contributed by atoms with Crippen LogP contribution in [-0.4, -0.2) is 27.3 Å². The van der Waals surface area contributed by atoms with E-state index in [1.54, 1.807) is 11.1 Å². The van der Waals surface area contributed by atoms with Crippen LogP contribution in [0.5, 0.6) is 0 Å². The summed E-state index contributed by atoms with van der Waals surface area (Å²) in [5.41, 5.74) is 0. The Morgan fingerprint density at radius 1 is 1.71 bits per heavy atom. The number of halogens is 1. The minimum atomic E-state index is 0.170. The smallest absolute Gasteiger partial charge is 0.229 e. The number of imidazole rings is 1. The highest BCUT2D eigenvalue weighted by molar-refractivity contribution is 9.09. The fraction of sp³-hybridized carbons (Fsp3) is 0.556. The van der Waals surface area contributed by atoms with Gasteiger partial charge in [-0.05, 0) is 5.92 Å². The zero-order valence-corrected chi connectivity index (χ0v) is 9.57. The average Bonchev–Trinajstić information content (AvgIpc) is 2.72. The van der Waals surface area contributed by atoms with Crippen LogP contribution in [0.3, 0.4) is 0 Å². The van der Waals surface area contributed by atoms with Gasteiger partial charge in [0.2, 0.25) is 11.9 Å². The van der Waals surface area contributed by atoms with Crippen LogP contribution in [0, 0.1) is 5.92 Å². The van der Waals surface area contributed by atoms with E-state index >= 15 is 0 Å². The average molecular weight is 258 g/mol. The summed E-state index contributed by atoms with van der Waals surface area (Å²) in [4.78, 5) is 17.6. The number of hydrogen-bond donors (Lipinski definition) is 0. The second-order valence-electron chi connectivity index (χ2n) is 3.57. The minimum absolute atomic E-state index is 0.170. The lowest BCUT2D eigenvalue weighted by Gasteiger charge is -2.14. The Balaban J connectivity index is 2.20. The predicted molar refractivity (Wildman–Crippen MR) is 57.5 cm³/mol. The molecule has 1 aromatic heterocycles. The third-order valence-corrected chi connectivity index (χ3v) is 3.38. The number of hydrogen-bond acceptors (Lipinski definition) is 2. The molecule has 76 valence electrons. The number of amides is 1. The molecule has 0 radical (unpaired) electrons. The Bertz CT molecular complexity index is 350. The van der Waals surface area contributed by atoms with E-state index in [1.807, 2.05) is 17.8 Å². The quantitative estimate of drug-likeness (QED) is 0.747. The van der Waals surface area contributed by atoms with Gasteiger partial charge in [-0.3, -0.25) is 9.69 Å². The van der Waals surface area contributed by atoms with Gasteiger partial charge >= 0.3 is 0 Å². The molecular weight excluding hydrogens is 246 g/mol. The molecule has 1 unspecified atom stereocenters. The first-order valence-electron chi connectivity index (χ1n) is 4.56. The molecule has 1 amide bonds. The summed E-state index contributed by atoms with van der Waals surface area (Å²) >= 11 is 3.41. The van der Waals surface area contributed by atoms with Crippen LogP contribution in [0.25, 0.3) is 0 Å². The van der Waals surface area contributed by atoms with Crippen molar-refractivity contribution in [1.82, 2.24) is 9.55 Å². The van der Waals surface area contributed by atoms with Crippen molar-refractivity contribution >= 4 is 27.8 Å². The van der Waals surface area contributed by atoms with Gasteiger partial charge in [0.15, 0.2) is 0 Å². The molecule has 1 aliphatic heterocycles. The Morgan fingerprint density at radius 2 is 2.50 bits per heavy atom. The molecule has 14 heavy (non-hydrogen) atoms. The Kier molecular flexibility index (Phi) is 2.58. The molecule has 1 atom stereocenters. The first-order chi connectivity index (χ1) is 6.72. The van der Waals surface area contributed by atoms with Crippen LogP contribution in [0.2, 0.25) is 0 Å². The molecule has 1 fully saturated rings. The van der Waals surface area contributed by atoms with E-state index in [4.69, 9.17) is 0 Å². The lowest BCUT2D eigenvalue weighted by molar-refractivity contribution is -0.117. The SMILES string of the molecule is Cn1ccnc1N1CC(CBr)CC1=O. The van der Waals surface area contributed by atoms with Crippen LogP contribution < -0.4 is 4.90 Å². The molecule has 0 spiro atoms. The van der Waals surface area contributed by atoms with Gasteiger partial charge in [-0.15, -0.1) is 0 Å². The number of rotatable bonds is 2. The van der Waals surface area contributed by atoms with Gasteiger partial charge in [0.25, 0.3) is 0 Å². The Hall–Kier alpha value is -0.840. The zero-order valence-electron chi connectivity index (χ0n) is 7.98. The molecule has 1 aliphatic rings. The van der Waals surface area contributed by atoms with E-state index in [0.717, 1.165) is 17.8 Å². The molecule has 2 rings (SSSR count). The maximum absolute atomic E-state index is 11.6. The first-order valence-corrected chi connectivity index (χ1v) is 5.68. The molecule has 5 heteroatoms. The second-order valence-corrected chi connectivity index (χ2v) is 4.21. The highest BCUT2D eigenvalue weighted by Gasteiger charge is 2.31. The fourth-order valence-corrected chi connectivity index (χ4v) is 2.13. The molecule has 0 bridgehead atoms. The van der Waals surface area contributed by atoms with E-state index in [9.17, 15) is 4.79 Å². The Morgan fingerprint density at radius 3 is 3.00 bits per heavy atom. The van der Waals surface area contributed by atoms with Crippen LogP contribution in [0.1, 0.15) is 6.42 Å². The van der Waals surface area contributed by atoms with Crippen molar-refractivity contribution in [1.29, 1.82) is 0 Å². The van der Waals surface area contributed by atoms with Gasteiger partial charge in [-0.25, -0.2) is 4.98 Å². The standard InChI is InChI=1S/C9H12BrN3O/c1-12-3-2-11-9(12)13-6-7(5-10)4-8(13)14/h2-3,7H,4-6H2,1H3. The lowest BCUT2D eigenvalue weighted by atomic mass is 10.2. The number of aromatic nitrogens is 2. The number of nitrogens with zero attached hydrogens (tertiary/aromatic N) is 3. The van der Waals surface area contributed by atoms with E-state index in [1.165, 1.54) is 0 Å². The molecular formula is C9H12BrN3O. The zero-order chi connectivity index (χ0) is 10.1. The van der Waals surface area contributed by atoms with Crippen molar-refractivity contribution in [2.24, 2.45) is 13.0 Å². The number of carbonyl (C=O) groups excluding carboxylic acids is 1. The van der Waals surface area contributed by atoms with Gasteiger partial charge in [0.05, 0.1) is 0 Å². The normalized spacial score (nSPS) is 22.0. The molecule has 4 nitrogen and oxygen atoms in total. The molecule has 1 aromatic rings.